The molecule has 1 aromatic carbocycles. The zero-order valence-electron chi connectivity index (χ0n) is 18.6. The Morgan fingerprint density at radius 1 is 1.24 bits per heavy atom. The molecule has 0 radical (unpaired) electrons. The van der Waals surface area contributed by atoms with E-state index in [1.165, 1.54) is 15.6 Å². The highest BCUT2D eigenvalue weighted by Gasteiger charge is 2.38. The molecule has 9 nitrogen and oxygen atoms in total. The summed E-state index contributed by atoms with van der Waals surface area (Å²) in [7, 11) is -2.14. The van der Waals surface area contributed by atoms with Crippen molar-refractivity contribution in [2.24, 2.45) is 0 Å². The van der Waals surface area contributed by atoms with Gasteiger partial charge in [-0.2, -0.15) is 14.1 Å². The molecule has 4 aromatic rings. The van der Waals surface area contributed by atoms with Gasteiger partial charge in [0.05, 0.1) is 23.0 Å². The maximum Gasteiger partial charge on any atom is 0.253 e. The maximum atomic E-state index is 13.4. The molecule has 1 aliphatic rings. The summed E-state index contributed by atoms with van der Waals surface area (Å²) in [6, 6.07) is 9.89. The molecule has 12 heteroatoms. The number of thiophene rings is 1. The molecule has 5 rings (SSSR count). The number of ether oxygens (including phenoxy) is 1. The summed E-state index contributed by atoms with van der Waals surface area (Å²) in [6.07, 6.45) is 1.97. The average Bonchev–Trinajstić information content (AvgIpc) is 3.58. The first-order valence-corrected chi connectivity index (χ1v) is 13.9. The Kier molecular flexibility index (Phi) is 6.15. The molecule has 34 heavy (non-hydrogen) atoms. The van der Waals surface area contributed by atoms with E-state index in [1.54, 1.807) is 35.4 Å². The molecule has 3 aromatic heterocycles. The fraction of sp³-hybridized carbons (Fsp3) is 0.318. The molecule has 1 aliphatic heterocycles. The van der Waals surface area contributed by atoms with Gasteiger partial charge < -0.3 is 10.1 Å². The van der Waals surface area contributed by atoms with Gasteiger partial charge in [0.15, 0.2) is 0 Å². The van der Waals surface area contributed by atoms with Crippen molar-refractivity contribution < 1.29 is 17.9 Å². The molecule has 1 atom stereocenters. The van der Waals surface area contributed by atoms with Crippen molar-refractivity contribution in [3.05, 3.63) is 47.5 Å². The average molecular weight is 518 g/mol. The Balaban J connectivity index is 1.44. The SMILES string of the molecule is COc1ccc2sc(-n3nc(C)cc3NC(=O)C3CCCCN3S(=O)(=O)c3cccs3)nc2c1. The first-order valence-electron chi connectivity index (χ1n) is 10.7. The number of sulfonamides is 1. The number of hydrogen-bond donors (Lipinski definition) is 1. The van der Waals surface area contributed by atoms with Crippen LogP contribution >= 0.6 is 22.7 Å². The van der Waals surface area contributed by atoms with Gasteiger partial charge in [0.25, 0.3) is 10.0 Å². The number of nitrogens with one attached hydrogen (secondary N) is 1. The molecule has 0 aliphatic carbocycles. The molecule has 1 N–H and O–H groups in total. The smallest absolute Gasteiger partial charge is 0.253 e. The number of carbonyl (C=O) groups excluding carboxylic acids is 1. The molecule has 1 amide bonds. The lowest BCUT2D eigenvalue weighted by Gasteiger charge is -2.33. The summed E-state index contributed by atoms with van der Waals surface area (Å²) in [5, 5.41) is 9.75. The second kappa shape index (κ2) is 9.10. The zero-order chi connectivity index (χ0) is 23.9. The van der Waals surface area contributed by atoms with E-state index in [1.807, 2.05) is 25.1 Å². The van der Waals surface area contributed by atoms with Crippen molar-refractivity contribution in [2.45, 2.75) is 36.4 Å². The number of aromatic nitrogens is 3. The van der Waals surface area contributed by atoms with Crippen LogP contribution in [-0.4, -0.2) is 53.1 Å². The predicted molar refractivity (Wildman–Crippen MR) is 133 cm³/mol. The normalized spacial score (nSPS) is 17.2. The summed E-state index contributed by atoms with van der Waals surface area (Å²) in [5.41, 5.74) is 1.48. The molecule has 0 saturated carbocycles. The number of fused-ring (bicyclic) bond motifs is 1. The van der Waals surface area contributed by atoms with Gasteiger partial charge in [-0.15, -0.1) is 11.3 Å². The summed E-state index contributed by atoms with van der Waals surface area (Å²) in [6.45, 7) is 2.15. The highest BCUT2D eigenvalue weighted by Crippen LogP contribution is 2.31. The van der Waals surface area contributed by atoms with Crippen molar-refractivity contribution in [3.63, 3.8) is 0 Å². The van der Waals surface area contributed by atoms with Crippen molar-refractivity contribution in [1.29, 1.82) is 0 Å². The lowest BCUT2D eigenvalue weighted by Crippen LogP contribution is -2.49. The Morgan fingerprint density at radius 2 is 2.09 bits per heavy atom. The van der Waals surface area contributed by atoms with E-state index >= 15 is 0 Å². The monoisotopic (exact) mass is 517 g/mol. The van der Waals surface area contributed by atoms with Gasteiger partial charge in [-0.05, 0) is 43.3 Å². The van der Waals surface area contributed by atoms with Gasteiger partial charge >= 0.3 is 0 Å². The maximum absolute atomic E-state index is 13.4. The zero-order valence-corrected chi connectivity index (χ0v) is 21.0. The minimum absolute atomic E-state index is 0.248. The summed E-state index contributed by atoms with van der Waals surface area (Å²) >= 11 is 2.60. The van der Waals surface area contributed by atoms with Crippen LogP contribution < -0.4 is 10.1 Å². The minimum atomic E-state index is -3.74. The van der Waals surface area contributed by atoms with E-state index in [4.69, 9.17) is 4.74 Å². The van der Waals surface area contributed by atoms with Crippen LogP contribution in [0, 0.1) is 6.92 Å². The molecule has 0 bridgehead atoms. The number of methoxy groups -OCH3 is 1. The first kappa shape index (κ1) is 23.0. The largest absolute Gasteiger partial charge is 0.497 e. The number of amides is 1. The second-order valence-corrected chi connectivity index (χ2v) is 12.0. The van der Waals surface area contributed by atoms with E-state index in [0.29, 0.717) is 35.4 Å². The van der Waals surface area contributed by atoms with Crippen molar-refractivity contribution in [3.8, 4) is 10.9 Å². The van der Waals surface area contributed by atoms with Crippen LogP contribution in [0.4, 0.5) is 5.82 Å². The van der Waals surface area contributed by atoms with E-state index in [2.05, 4.69) is 15.4 Å². The number of rotatable bonds is 6. The first-order chi connectivity index (χ1) is 16.4. The quantitative estimate of drug-likeness (QED) is 0.414. The van der Waals surface area contributed by atoms with Gasteiger partial charge in [0.1, 0.15) is 21.8 Å². The Bertz CT molecular complexity index is 1440. The number of piperidine rings is 1. The van der Waals surface area contributed by atoms with Gasteiger partial charge in [-0.3, -0.25) is 4.79 Å². The lowest BCUT2D eigenvalue weighted by atomic mass is 10.0. The van der Waals surface area contributed by atoms with E-state index in [-0.39, 0.29) is 10.1 Å². The number of aryl methyl sites for hydroxylation is 1. The van der Waals surface area contributed by atoms with Gasteiger partial charge in [-0.1, -0.05) is 23.8 Å². The molecule has 1 fully saturated rings. The van der Waals surface area contributed by atoms with Gasteiger partial charge in [0, 0.05) is 18.7 Å². The van der Waals surface area contributed by atoms with Gasteiger partial charge in [-0.25, -0.2) is 13.4 Å². The molecule has 1 saturated heterocycles. The van der Waals surface area contributed by atoms with Crippen LogP contribution in [0.25, 0.3) is 15.3 Å². The third kappa shape index (κ3) is 4.22. The highest BCUT2D eigenvalue weighted by atomic mass is 32.2. The molecule has 0 spiro atoms. The number of benzene rings is 1. The number of anilines is 1. The molecular formula is C22H23N5O4S3. The standard InChI is InChI=1S/C22H23N5O4S3/c1-14-12-19(27(25-14)22-23-16-13-15(31-2)8-9-18(16)33-22)24-21(28)17-6-3-4-10-26(17)34(29,30)20-7-5-11-32-20/h5,7-9,11-13,17H,3-4,6,10H2,1-2H3,(H,24,28). The molecule has 1 unspecified atom stereocenters. The van der Waals surface area contributed by atoms with Crippen LogP contribution in [0.3, 0.4) is 0 Å². The van der Waals surface area contributed by atoms with Crippen molar-refractivity contribution in [2.75, 3.05) is 19.0 Å². The third-order valence-electron chi connectivity index (χ3n) is 5.66. The van der Waals surface area contributed by atoms with Crippen LogP contribution in [0.5, 0.6) is 5.75 Å². The number of carbonyl (C=O) groups is 1. The highest BCUT2D eigenvalue weighted by molar-refractivity contribution is 7.91. The summed E-state index contributed by atoms with van der Waals surface area (Å²) in [5.74, 6) is 0.787. The fourth-order valence-electron chi connectivity index (χ4n) is 4.04. The third-order valence-corrected chi connectivity index (χ3v) is 9.95. The van der Waals surface area contributed by atoms with E-state index < -0.39 is 16.1 Å². The van der Waals surface area contributed by atoms with Crippen LogP contribution in [0.1, 0.15) is 25.0 Å². The summed E-state index contributed by atoms with van der Waals surface area (Å²) in [4.78, 5) is 18.0. The molecule has 178 valence electrons. The molecule has 4 heterocycles. The van der Waals surface area contributed by atoms with Crippen LogP contribution in [0.2, 0.25) is 0 Å². The number of thiazole rings is 1. The van der Waals surface area contributed by atoms with E-state index in [9.17, 15) is 13.2 Å². The number of hydrogen-bond acceptors (Lipinski definition) is 8. The van der Waals surface area contributed by atoms with Crippen LogP contribution in [0.15, 0.2) is 46.0 Å². The topological polar surface area (TPSA) is 106 Å². The van der Waals surface area contributed by atoms with E-state index in [0.717, 1.165) is 34.4 Å². The number of nitrogens with zero attached hydrogens (tertiary/aromatic N) is 4. The molecular weight excluding hydrogens is 494 g/mol. The Labute approximate surface area is 205 Å². The van der Waals surface area contributed by atoms with Crippen molar-refractivity contribution in [1.82, 2.24) is 19.1 Å². The minimum Gasteiger partial charge on any atom is -0.497 e. The van der Waals surface area contributed by atoms with Crippen LogP contribution in [-0.2, 0) is 14.8 Å². The Hall–Kier alpha value is -2.80. The summed E-state index contributed by atoms with van der Waals surface area (Å²) < 4.78 is 35.8. The predicted octanol–water partition coefficient (Wildman–Crippen LogP) is 4.04. The van der Waals surface area contributed by atoms with Crippen molar-refractivity contribution >= 4 is 54.6 Å². The lowest BCUT2D eigenvalue weighted by molar-refractivity contribution is -0.120. The second-order valence-electron chi connectivity index (χ2n) is 7.96. The fourth-order valence-corrected chi connectivity index (χ4v) is 7.72. The van der Waals surface area contributed by atoms with Gasteiger partial charge in [0.2, 0.25) is 11.0 Å². The Morgan fingerprint density at radius 3 is 2.85 bits per heavy atom.